The minimum atomic E-state index is -0.570. The maximum atomic E-state index is 12.7. The van der Waals surface area contributed by atoms with Crippen LogP contribution in [0, 0.1) is 0 Å². The smallest absolute Gasteiger partial charge is 0.320 e. The fourth-order valence-electron chi connectivity index (χ4n) is 3.31. The van der Waals surface area contributed by atoms with Gasteiger partial charge in [0.1, 0.15) is 5.75 Å². The van der Waals surface area contributed by atoms with E-state index in [0.29, 0.717) is 38.5 Å². The van der Waals surface area contributed by atoms with E-state index in [9.17, 15) is 9.59 Å². The molecule has 0 radical (unpaired) electrons. The summed E-state index contributed by atoms with van der Waals surface area (Å²) in [4.78, 5) is 30.7. The third-order valence-electron chi connectivity index (χ3n) is 4.93. The molecule has 29 heavy (non-hydrogen) atoms. The molecular weight excluding hydrogens is 434 g/mol. The first kappa shape index (κ1) is 21.2. The van der Waals surface area contributed by atoms with Gasteiger partial charge in [0.2, 0.25) is 0 Å². The van der Waals surface area contributed by atoms with Crippen LogP contribution in [-0.2, 0) is 11.3 Å². The van der Waals surface area contributed by atoms with Gasteiger partial charge < -0.3 is 19.4 Å². The third kappa shape index (κ3) is 5.73. The molecule has 0 spiro atoms. The molecule has 3 amide bonds. The molecule has 1 heterocycles. The second-order valence-electron chi connectivity index (χ2n) is 7.15. The van der Waals surface area contributed by atoms with Crippen LogP contribution in [0.4, 0.5) is 4.79 Å². The molecule has 2 aromatic rings. The van der Waals surface area contributed by atoms with Crippen LogP contribution in [0.2, 0.25) is 0 Å². The Morgan fingerprint density at radius 3 is 2.21 bits per heavy atom. The van der Waals surface area contributed by atoms with Crippen molar-refractivity contribution in [1.82, 2.24) is 14.7 Å². The normalized spacial score (nSPS) is 15.0. The highest BCUT2D eigenvalue weighted by atomic mass is 79.9. The molecule has 154 valence electrons. The Morgan fingerprint density at radius 2 is 1.59 bits per heavy atom. The number of benzene rings is 2. The number of hydrogen-bond acceptors (Lipinski definition) is 3. The van der Waals surface area contributed by atoms with Gasteiger partial charge in [-0.2, -0.15) is 0 Å². The molecule has 0 bridgehead atoms. The zero-order valence-electron chi connectivity index (χ0n) is 16.8. The average molecular weight is 460 g/mol. The van der Waals surface area contributed by atoms with Gasteiger partial charge in [0, 0.05) is 44.2 Å². The van der Waals surface area contributed by atoms with E-state index in [2.05, 4.69) is 15.9 Å². The molecule has 1 atom stereocenters. The number of halogens is 1. The first-order chi connectivity index (χ1) is 13.9. The van der Waals surface area contributed by atoms with Crippen LogP contribution in [0.1, 0.15) is 12.5 Å². The van der Waals surface area contributed by atoms with Gasteiger partial charge in [-0.15, -0.1) is 0 Å². The number of rotatable bonds is 5. The molecule has 0 saturated carbocycles. The number of nitrogens with zero attached hydrogens (tertiary/aromatic N) is 3. The number of ether oxygens (including phenoxy) is 1. The van der Waals surface area contributed by atoms with E-state index in [1.54, 1.807) is 28.7 Å². The van der Waals surface area contributed by atoms with Crippen molar-refractivity contribution in [3.8, 4) is 5.75 Å². The van der Waals surface area contributed by atoms with Crippen LogP contribution < -0.4 is 4.74 Å². The van der Waals surface area contributed by atoms with E-state index in [-0.39, 0.29) is 11.9 Å². The molecule has 1 aliphatic heterocycles. The molecule has 0 N–H and O–H groups in total. The van der Waals surface area contributed by atoms with Gasteiger partial charge in [-0.05, 0) is 36.8 Å². The van der Waals surface area contributed by atoms with E-state index in [4.69, 9.17) is 4.74 Å². The number of carbonyl (C=O) groups excluding carboxylic acids is 2. The van der Waals surface area contributed by atoms with Gasteiger partial charge in [-0.25, -0.2) is 4.79 Å². The molecular formula is C22H26BrN3O3. The molecule has 3 rings (SSSR count). The summed E-state index contributed by atoms with van der Waals surface area (Å²) in [5, 5.41) is 0. The number of amides is 3. The number of piperazine rings is 1. The van der Waals surface area contributed by atoms with Gasteiger partial charge in [0.25, 0.3) is 5.91 Å². The molecule has 1 fully saturated rings. The molecule has 0 aliphatic carbocycles. The Bertz CT molecular complexity index is 821. The summed E-state index contributed by atoms with van der Waals surface area (Å²) >= 11 is 3.38. The van der Waals surface area contributed by atoms with E-state index >= 15 is 0 Å². The second kappa shape index (κ2) is 9.78. The summed E-state index contributed by atoms with van der Waals surface area (Å²) in [6.45, 7) is 4.39. The predicted molar refractivity (Wildman–Crippen MR) is 116 cm³/mol. The molecule has 7 heteroatoms. The van der Waals surface area contributed by atoms with Crippen molar-refractivity contribution in [2.45, 2.75) is 19.6 Å². The lowest BCUT2D eigenvalue weighted by Crippen LogP contribution is -2.55. The van der Waals surface area contributed by atoms with Gasteiger partial charge in [-0.3, -0.25) is 4.79 Å². The number of urea groups is 1. The first-order valence-corrected chi connectivity index (χ1v) is 10.5. The van der Waals surface area contributed by atoms with Crippen LogP contribution in [0.25, 0.3) is 0 Å². The molecule has 1 unspecified atom stereocenters. The lowest BCUT2D eigenvalue weighted by Gasteiger charge is -2.37. The van der Waals surface area contributed by atoms with Crippen molar-refractivity contribution in [1.29, 1.82) is 0 Å². The van der Waals surface area contributed by atoms with Crippen LogP contribution >= 0.6 is 15.9 Å². The minimum absolute atomic E-state index is 0.0138. The van der Waals surface area contributed by atoms with Gasteiger partial charge in [0.05, 0.1) is 0 Å². The Morgan fingerprint density at radius 1 is 1.00 bits per heavy atom. The summed E-state index contributed by atoms with van der Waals surface area (Å²) in [5.41, 5.74) is 1.09. The second-order valence-corrected chi connectivity index (χ2v) is 8.07. The summed E-state index contributed by atoms with van der Waals surface area (Å²) in [5.74, 6) is 0.600. The Kier molecular flexibility index (Phi) is 7.14. The average Bonchev–Trinajstić information content (AvgIpc) is 2.75. The van der Waals surface area contributed by atoms with Crippen LogP contribution in [0.5, 0.6) is 5.75 Å². The highest BCUT2D eigenvalue weighted by molar-refractivity contribution is 9.10. The van der Waals surface area contributed by atoms with Crippen molar-refractivity contribution in [3.05, 3.63) is 64.6 Å². The number of hydrogen-bond donors (Lipinski definition) is 0. The molecule has 1 aliphatic rings. The van der Waals surface area contributed by atoms with Crippen LogP contribution in [0.3, 0.4) is 0 Å². The first-order valence-electron chi connectivity index (χ1n) is 9.69. The molecule has 0 aromatic heterocycles. The maximum absolute atomic E-state index is 12.7. The van der Waals surface area contributed by atoms with Gasteiger partial charge in [-0.1, -0.05) is 46.3 Å². The monoisotopic (exact) mass is 459 g/mol. The summed E-state index contributed by atoms with van der Waals surface area (Å²) in [6.07, 6.45) is -0.570. The lowest BCUT2D eigenvalue weighted by atomic mass is 10.2. The van der Waals surface area contributed by atoms with Crippen molar-refractivity contribution < 1.29 is 14.3 Å². The van der Waals surface area contributed by atoms with E-state index in [1.165, 1.54) is 0 Å². The summed E-state index contributed by atoms with van der Waals surface area (Å²) < 4.78 is 6.72. The Hall–Kier alpha value is -2.54. The van der Waals surface area contributed by atoms with E-state index < -0.39 is 6.10 Å². The Balaban J connectivity index is 1.48. The van der Waals surface area contributed by atoms with Crippen LogP contribution in [0.15, 0.2) is 59.1 Å². The minimum Gasteiger partial charge on any atom is -0.481 e. The third-order valence-corrected chi connectivity index (χ3v) is 5.45. The van der Waals surface area contributed by atoms with Crippen molar-refractivity contribution in [2.75, 3.05) is 33.2 Å². The van der Waals surface area contributed by atoms with Gasteiger partial charge >= 0.3 is 6.03 Å². The van der Waals surface area contributed by atoms with Crippen molar-refractivity contribution in [2.24, 2.45) is 0 Å². The van der Waals surface area contributed by atoms with Crippen molar-refractivity contribution >= 4 is 27.9 Å². The maximum Gasteiger partial charge on any atom is 0.320 e. The zero-order chi connectivity index (χ0) is 20.8. The molecule has 6 nitrogen and oxygen atoms in total. The quantitative estimate of drug-likeness (QED) is 0.685. The molecule has 1 saturated heterocycles. The summed E-state index contributed by atoms with van der Waals surface area (Å²) in [7, 11) is 1.81. The summed E-state index contributed by atoms with van der Waals surface area (Å²) in [6, 6.07) is 17.3. The lowest BCUT2D eigenvalue weighted by molar-refractivity contribution is -0.139. The van der Waals surface area contributed by atoms with Crippen LogP contribution in [-0.4, -0.2) is 66.0 Å². The topological polar surface area (TPSA) is 53.1 Å². The standard InChI is InChI=1S/C22H26BrN3O3/c1-17(29-20-10-8-19(23)9-11-20)21(27)25-12-14-26(15-13-25)22(28)24(2)16-18-6-4-3-5-7-18/h3-11,17H,12-16H2,1-2H3. The zero-order valence-corrected chi connectivity index (χ0v) is 18.3. The fourth-order valence-corrected chi connectivity index (χ4v) is 3.57. The van der Waals surface area contributed by atoms with Gasteiger partial charge in [0.15, 0.2) is 6.10 Å². The molecule has 2 aromatic carbocycles. The largest absolute Gasteiger partial charge is 0.481 e. The predicted octanol–water partition coefficient (Wildman–Crippen LogP) is 3.61. The SMILES string of the molecule is CC(Oc1ccc(Br)cc1)C(=O)N1CCN(C(=O)N(C)Cc2ccccc2)CC1. The fraction of sp³-hybridized carbons (Fsp3) is 0.364. The van der Waals surface area contributed by atoms with Crippen molar-refractivity contribution in [3.63, 3.8) is 0 Å². The van der Waals surface area contributed by atoms with E-state index in [0.717, 1.165) is 10.0 Å². The Labute approximate surface area is 180 Å². The number of carbonyl (C=O) groups is 2. The van der Waals surface area contributed by atoms with E-state index in [1.807, 2.05) is 54.6 Å². The highest BCUT2D eigenvalue weighted by Gasteiger charge is 2.29. The highest BCUT2D eigenvalue weighted by Crippen LogP contribution is 2.18.